The molecule has 0 aliphatic heterocycles. The highest BCUT2D eigenvalue weighted by Crippen LogP contribution is 2.41. The summed E-state index contributed by atoms with van der Waals surface area (Å²) in [7, 11) is 0. The van der Waals surface area contributed by atoms with Gasteiger partial charge in [0.05, 0.1) is 12.2 Å². The van der Waals surface area contributed by atoms with Crippen LogP contribution < -0.4 is 5.73 Å². The largest absolute Gasteiger partial charge is 0.508 e. The molecule has 4 nitrogen and oxygen atoms in total. The predicted molar refractivity (Wildman–Crippen MR) is 87.6 cm³/mol. The molecule has 1 aliphatic rings. The van der Waals surface area contributed by atoms with Crippen LogP contribution in [0.5, 0.6) is 5.75 Å². The number of fused-ring (bicyclic) bond motifs is 1. The molecule has 116 valence electrons. The lowest BCUT2D eigenvalue weighted by Crippen LogP contribution is -2.14. The van der Waals surface area contributed by atoms with Crippen LogP contribution in [0.1, 0.15) is 45.6 Å². The lowest BCUT2D eigenvalue weighted by molar-refractivity contribution is 0.0526. The van der Waals surface area contributed by atoms with Gasteiger partial charge in [-0.3, -0.25) is 0 Å². The van der Waals surface area contributed by atoms with Gasteiger partial charge in [0.15, 0.2) is 0 Å². The van der Waals surface area contributed by atoms with Crippen molar-refractivity contribution in [3.05, 3.63) is 45.8 Å². The molecule has 2 aromatic rings. The second-order valence-corrected chi connectivity index (χ2v) is 6.63. The minimum atomic E-state index is -0.305. The Morgan fingerprint density at radius 2 is 2.14 bits per heavy atom. The van der Waals surface area contributed by atoms with Crippen LogP contribution in [0, 0.1) is 0 Å². The first kappa shape index (κ1) is 14.9. The summed E-state index contributed by atoms with van der Waals surface area (Å²) in [5, 5.41) is 9.96. The van der Waals surface area contributed by atoms with Crippen molar-refractivity contribution in [3.63, 3.8) is 0 Å². The Bertz CT molecular complexity index is 691. The zero-order chi connectivity index (χ0) is 15.7. The summed E-state index contributed by atoms with van der Waals surface area (Å²) >= 11 is 1.50. The number of hydrogen-bond donors (Lipinski definition) is 2. The highest BCUT2D eigenvalue weighted by molar-refractivity contribution is 7.16. The first-order valence-corrected chi connectivity index (χ1v) is 8.27. The fourth-order valence-electron chi connectivity index (χ4n) is 3.07. The van der Waals surface area contributed by atoms with Crippen molar-refractivity contribution >= 4 is 22.3 Å². The number of nitrogens with two attached hydrogens (primary N) is 1. The molecule has 0 saturated carbocycles. The first-order chi connectivity index (χ1) is 10.6. The number of aromatic hydroxyl groups is 1. The Balaban J connectivity index is 1.86. The lowest BCUT2D eigenvalue weighted by atomic mass is 9.83. The summed E-state index contributed by atoms with van der Waals surface area (Å²) in [6.45, 7) is 2.16. The molecule has 1 heterocycles. The molecule has 0 amide bonds. The van der Waals surface area contributed by atoms with E-state index in [0.29, 0.717) is 23.1 Å². The minimum Gasteiger partial charge on any atom is -0.508 e. The topological polar surface area (TPSA) is 72.5 Å². The molecular formula is C17H19NO3S. The van der Waals surface area contributed by atoms with Crippen LogP contribution in [0.4, 0.5) is 5.00 Å². The zero-order valence-corrected chi connectivity index (χ0v) is 13.3. The molecule has 1 aliphatic carbocycles. The van der Waals surface area contributed by atoms with Gasteiger partial charge in [-0.05, 0) is 55.4 Å². The molecule has 0 fully saturated rings. The van der Waals surface area contributed by atoms with E-state index >= 15 is 0 Å². The predicted octanol–water partition coefficient (Wildman–Crippen LogP) is 3.49. The molecule has 0 bridgehead atoms. The monoisotopic (exact) mass is 317 g/mol. The first-order valence-electron chi connectivity index (χ1n) is 7.46. The van der Waals surface area contributed by atoms with E-state index in [0.717, 1.165) is 24.8 Å². The van der Waals surface area contributed by atoms with Crippen LogP contribution in [-0.2, 0) is 17.6 Å². The van der Waals surface area contributed by atoms with Gasteiger partial charge in [-0.25, -0.2) is 4.79 Å². The number of carbonyl (C=O) groups is 1. The summed E-state index contributed by atoms with van der Waals surface area (Å²) in [6, 6.07) is 7.37. The van der Waals surface area contributed by atoms with E-state index in [-0.39, 0.29) is 11.7 Å². The molecule has 3 N–H and O–H groups in total. The normalized spacial score (nSPS) is 17.0. The molecule has 0 radical (unpaired) electrons. The van der Waals surface area contributed by atoms with Crippen molar-refractivity contribution in [2.24, 2.45) is 0 Å². The highest BCUT2D eigenvalue weighted by Gasteiger charge is 2.29. The van der Waals surface area contributed by atoms with Crippen LogP contribution in [0.2, 0.25) is 0 Å². The number of ether oxygens (including phenoxy) is 1. The number of anilines is 1. The van der Waals surface area contributed by atoms with Gasteiger partial charge in [0.2, 0.25) is 0 Å². The Morgan fingerprint density at radius 1 is 1.41 bits per heavy atom. The van der Waals surface area contributed by atoms with Crippen LogP contribution in [0.3, 0.4) is 0 Å². The molecular weight excluding hydrogens is 298 g/mol. The Morgan fingerprint density at radius 3 is 2.82 bits per heavy atom. The molecule has 0 saturated heterocycles. The Kier molecular flexibility index (Phi) is 4.07. The van der Waals surface area contributed by atoms with E-state index in [9.17, 15) is 9.90 Å². The van der Waals surface area contributed by atoms with Gasteiger partial charge in [0.1, 0.15) is 10.8 Å². The number of esters is 1. The molecule has 3 rings (SSSR count). The number of nitrogen functional groups attached to an aromatic ring is 1. The van der Waals surface area contributed by atoms with Crippen LogP contribution >= 0.6 is 11.3 Å². The third kappa shape index (κ3) is 2.68. The average Bonchev–Trinajstić information content (AvgIpc) is 2.83. The fourth-order valence-corrected chi connectivity index (χ4v) is 4.25. The van der Waals surface area contributed by atoms with Crippen molar-refractivity contribution in [3.8, 4) is 5.75 Å². The smallest absolute Gasteiger partial charge is 0.341 e. The fraction of sp³-hybridized carbons (Fsp3) is 0.353. The number of hydrogen-bond acceptors (Lipinski definition) is 5. The molecule has 1 atom stereocenters. The number of thiophene rings is 1. The Labute approximate surface area is 133 Å². The van der Waals surface area contributed by atoms with Crippen molar-refractivity contribution in [1.82, 2.24) is 0 Å². The van der Waals surface area contributed by atoms with Crippen molar-refractivity contribution in [1.29, 1.82) is 0 Å². The molecule has 22 heavy (non-hydrogen) atoms. The summed E-state index contributed by atoms with van der Waals surface area (Å²) in [5.74, 6) is 0.381. The number of phenols is 1. The van der Waals surface area contributed by atoms with Gasteiger partial charge >= 0.3 is 5.97 Å². The second-order valence-electron chi connectivity index (χ2n) is 5.49. The third-order valence-corrected chi connectivity index (χ3v) is 5.22. The van der Waals surface area contributed by atoms with E-state index < -0.39 is 0 Å². The van der Waals surface area contributed by atoms with Gasteiger partial charge in [0, 0.05) is 4.88 Å². The quantitative estimate of drug-likeness (QED) is 0.850. The standard InChI is InChI=1S/C17H19NO3S/c1-2-21-17(20)15-13-8-5-11(9-14(13)22-16(15)18)10-3-6-12(19)7-4-10/h3-4,6-7,11,19H,2,5,8-9,18H2,1H3/t11-/m0/s1. The SMILES string of the molecule is CCOC(=O)c1c(N)sc2c1CC[C@H](c1ccc(O)cc1)C2. The van der Waals surface area contributed by atoms with E-state index in [2.05, 4.69) is 0 Å². The maximum absolute atomic E-state index is 12.1. The molecule has 1 aromatic carbocycles. The van der Waals surface area contributed by atoms with Gasteiger partial charge in [-0.2, -0.15) is 0 Å². The molecule has 5 heteroatoms. The van der Waals surface area contributed by atoms with Gasteiger partial charge in [-0.15, -0.1) is 11.3 Å². The minimum absolute atomic E-state index is 0.283. The third-order valence-electron chi connectivity index (χ3n) is 4.14. The zero-order valence-electron chi connectivity index (χ0n) is 12.5. The van der Waals surface area contributed by atoms with Crippen molar-refractivity contribution in [2.75, 3.05) is 12.3 Å². The van der Waals surface area contributed by atoms with Crippen LogP contribution in [0.25, 0.3) is 0 Å². The average molecular weight is 317 g/mol. The van der Waals surface area contributed by atoms with Crippen LogP contribution in [-0.4, -0.2) is 17.7 Å². The van der Waals surface area contributed by atoms with Crippen molar-refractivity contribution < 1.29 is 14.6 Å². The Hall–Kier alpha value is -2.01. The van der Waals surface area contributed by atoms with Crippen molar-refractivity contribution in [2.45, 2.75) is 32.1 Å². The summed E-state index contributed by atoms with van der Waals surface area (Å²) in [4.78, 5) is 13.2. The van der Waals surface area contributed by atoms with E-state index in [1.54, 1.807) is 19.1 Å². The number of benzene rings is 1. The maximum Gasteiger partial charge on any atom is 0.341 e. The second kappa shape index (κ2) is 6.01. The number of rotatable bonds is 3. The van der Waals surface area contributed by atoms with Gasteiger partial charge < -0.3 is 15.6 Å². The van der Waals surface area contributed by atoms with E-state index in [4.69, 9.17) is 10.5 Å². The highest BCUT2D eigenvalue weighted by atomic mass is 32.1. The van der Waals surface area contributed by atoms with Gasteiger partial charge in [0.25, 0.3) is 0 Å². The van der Waals surface area contributed by atoms with Gasteiger partial charge in [-0.1, -0.05) is 12.1 Å². The summed E-state index contributed by atoms with van der Waals surface area (Å²) in [6.07, 6.45) is 2.69. The maximum atomic E-state index is 12.1. The number of carbonyl (C=O) groups excluding carboxylic acids is 1. The molecule has 0 unspecified atom stereocenters. The summed E-state index contributed by atoms with van der Waals surface area (Å²) in [5.41, 5.74) is 8.90. The van der Waals surface area contributed by atoms with E-state index in [1.165, 1.54) is 21.8 Å². The van der Waals surface area contributed by atoms with Crippen LogP contribution in [0.15, 0.2) is 24.3 Å². The lowest BCUT2D eigenvalue weighted by Gasteiger charge is -2.23. The van der Waals surface area contributed by atoms with E-state index in [1.807, 2.05) is 12.1 Å². The molecule has 1 aromatic heterocycles. The summed E-state index contributed by atoms with van der Waals surface area (Å²) < 4.78 is 5.12. The molecule has 0 spiro atoms. The number of phenolic OH excluding ortho intramolecular Hbond substituents is 1.